The van der Waals surface area contributed by atoms with E-state index in [-0.39, 0.29) is 15.8 Å². The van der Waals surface area contributed by atoms with Gasteiger partial charge in [0.05, 0.1) is 9.79 Å². The molecule has 1 aliphatic carbocycles. The molecule has 0 spiro atoms. The lowest BCUT2D eigenvalue weighted by molar-refractivity contribution is 0.261. The summed E-state index contributed by atoms with van der Waals surface area (Å²) in [5, 5.41) is 0. The Kier molecular flexibility index (Phi) is 7.32. The van der Waals surface area contributed by atoms with Crippen LogP contribution < -0.4 is 4.90 Å². The van der Waals surface area contributed by atoms with Crippen LogP contribution in [-0.4, -0.2) is 74.2 Å². The number of hydrogen-bond donors (Lipinski definition) is 0. The summed E-state index contributed by atoms with van der Waals surface area (Å²) in [6.45, 7) is 3.86. The quantitative estimate of drug-likeness (QED) is 0.583. The smallest absolute Gasteiger partial charge is 0.243 e. The third kappa shape index (κ3) is 5.06. The van der Waals surface area contributed by atoms with Crippen molar-refractivity contribution in [3.05, 3.63) is 42.7 Å². The molecule has 1 aromatic heterocycles. The molecular weight excluding hydrogens is 462 g/mol. The van der Waals surface area contributed by atoms with Gasteiger partial charge in [-0.3, -0.25) is 0 Å². The van der Waals surface area contributed by atoms with Crippen LogP contribution >= 0.6 is 0 Å². The van der Waals surface area contributed by atoms with Crippen molar-refractivity contribution in [3.63, 3.8) is 0 Å². The van der Waals surface area contributed by atoms with Crippen LogP contribution in [0.4, 0.5) is 5.95 Å². The van der Waals surface area contributed by atoms with Crippen LogP contribution in [0.25, 0.3) is 0 Å². The zero-order valence-corrected chi connectivity index (χ0v) is 20.5. The van der Waals surface area contributed by atoms with Crippen LogP contribution in [0.1, 0.15) is 39.0 Å². The minimum Gasteiger partial charge on any atom is -0.338 e. The van der Waals surface area contributed by atoms with E-state index in [1.807, 2.05) is 11.8 Å². The second-order valence-corrected chi connectivity index (χ2v) is 12.2. The Hall–Kier alpha value is -2.08. The lowest BCUT2D eigenvalue weighted by Gasteiger charge is -2.34. The molecule has 1 saturated carbocycles. The van der Waals surface area contributed by atoms with Crippen LogP contribution in [-0.2, 0) is 20.0 Å². The van der Waals surface area contributed by atoms with Crippen molar-refractivity contribution >= 4 is 26.0 Å². The number of aromatic nitrogens is 2. The molecule has 4 rings (SSSR count). The van der Waals surface area contributed by atoms with Gasteiger partial charge >= 0.3 is 0 Å². The second-order valence-electron chi connectivity index (χ2n) is 8.41. The average molecular weight is 494 g/mol. The number of piperazine rings is 1. The summed E-state index contributed by atoms with van der Waals surface area (Å²) in [7, 11) is -7.39. The standard InChI is InChI=1S/C22H31N5O4S2/c1-2-27(19-7-4-3-5-8-19)33(30,31)21-11-9-20(10-12-21)32(28,29)26-17-15-25(16-18-26)22-23-13-6-14-24-22/h6,9-14,19H,2-5,7-8,15-18H2,1H3. The fourth-order valence-electron chi connectivity index (χ4n) is 4.64. The molecule has 180 valence electrons. The summed E-state index contributed by atoms with van der Waals surface area (Å²) in [5.41, 5.74) is 0. The molecule has 0 bridgehead atoms. The largest absolute Gasteiger partial charge is 0.338 e. The molecular formula is C22H31N5O4S2. The molecule has 2 aromatic rings. The molecule has 2 heterocycles. The summed E-state index contributed by atoms with van der Waals surface area (Å²) in [4.78, 5) is 10.6. The summed E-state index contributed by atoms with van der Waals surface area (Å²) in [6.07, 6.45) is 8.30. The van der Waals surface area contributed by atoms with Gasteiger partial charge in [-0.2, -0.15) is 8.61 Å². The van der Waals surface area contributed by atoms with Crippen LogP contribution in [0.2, 0.25) is 0 Å². The molecule has 11 heteroatoms. The monoisotopic (exact) mass is 493 g/mol. The Labute approximate surface area is 196 Å². The number of hydrogen-bond acceptors (Lipinski definition) is 7. The van der Waals surface area contributed by atoms with Gasteiger partial charge in [0, 0.05) is 51.2 Å². The molecule has 9 nitrogen and oxygen atoms in total. The van der Waals surface area contributed by atoms with Crippen molar-refractivity contribution in [2.24, 2.45) is 0 Å². The second kappa shape index (κ2) is 10.0. The molecule has 0 radical (unpaired) electrons. The first-order chi connectivity index (χ1) is 15.8. The molecule has 0 N–H and O–H groups in total. The molecule has 1 aliphatic heterocycles. The Balaban J connectivity index is 1.47. The third-order valence-electron chi connectivity index (χ3n) is 6.44. The molecule has 2 aliphatic rings. The van der Waals surface area contributed by atoms with E-state index < -0.39 is 20.0 Å². The summed E-state index contributed by atoms with van der Waals surface area (Å²) < 4.78 is 55.8. The van der Waals surface area contributed by atoms with Crippen LogP contribution in [0.15, 0.2) is 52.5 Å². The van der Waals surface area contributed by atoms with E-state index >= 15 is 0 Å². The number of sulfonamides is 2. The van der Waals surface area contributed by atoms with Gasteiger partial charge in [-0.15, -0.1) is 0 Å². The Morgan fingerprint density at radius 2 is 1.45 bits per heavy atom. The van der Waals surface area contributed by atoms with Gasteiger partial charge in [-0.1, -0.05) is 26.2 Å². The lowest BCUT2D eigenvalue weighted by Crippen LogP contribution is -2.49. The van der Waals surface area contributed by atoms with E-state index in [0.29, 0.717) is 38.7 Å². The van der Waals surface area contributed by atoms with Crippen molar-refractivity contribution in [2.45, 2.75) is 54.9 Å². The average Bonchev–Trinajstić information content (AvgIpc) is 2.86. The molecule has 2 fully saturated rings. The highest BCUT2D eigenvalue weighted by atomic mass is 32.2. The zero-order valence-electron chi connectivity index (χ0n) is 18.9. The van der Waals surface area contributed by atoms with Gasteiger partial charge in [0.25, 0.3) is 0 Å². The van der Waals surface area contributed by atoms with Crippen molar-refractivity contribution in [1.82, 2.24) is 18.6 Å². The maximum atomic E-state index is 13.2. The fraction of sp³-hybridized carbons (Fsp3) is 0.545. The van der Waals surface area contributed by atoms with Crippen LogP contribution in [0, 0.1) is 0 Å². The molecule has 33 heavy (non-hydrogen) atoms. The Bertz CT molecular complexity index is 1130. The van der Waals surface area contributed by atoms with E-state index in [2.05, 4.69) is 9.97 Å². The van der Waals surface area contributed by atoms with Gasteiger partial charge < -0.3 is 4.90 Å². The normalized spacial score (nSPS) is 19.2. The maximum Gasteiger partial charge on any atom is 0.243 e. The maximum absolute atomic E-state index is 13.2. The first-order valence-electron chi connectivity index (χ1n) is 11.5. The highest BCUT2D eigenvalue weighted by Crippen LogP contribution is 2.28. The van der Waals surface area contributed by atoms with Gasteiger partial charge in [-0.05, 0) is 43.2 Å². The van der Waals surface area contributed by atoms with Gasteiger partial charge in [0.2, 0.25) is 26.0 Å². The summed E-state index contributed by atoms with van der Waals surface area (Å²) in [5.74, 6) is 0.586. The molecule has 0 unspecified atom stereocenters. The van der Waals surface area contributed by atoms with Gasteiger partial charge in [0.15, 0.2) is 0 Å². The summed E-state index contributed by atoms with van der Waals surface area (Å²) >= 11 is 0. The predicted octanol–water partition coefficient (Wildman–Crippen LogP) is 2.33. The molecule has 0 atom stereocenters. The SMILES string of the molecule is CCN(C1CCCCC1)S(=O)(=O)c1ccc(S(=O)(=O)N2CCN(c3ncccn3)CC2)cc1. The first kappa shape index (κ1) is 24.1. The van der Waals surface area contributed by atoms with Crippen molar-refractivity contribution in [1.29, 1.82) is 0 Å². The number of nitrogens with zero attached hydrogens (tertiary/aromatic N) is 5. The fourth-order valence-corrected chi connectivity index (χ4v) is 7.76. The molecule has 1 aromatic carbocycles. The van der Waals surface area contributed by atoms with E-state index in [4.69, 9.17) is 0 Å². The summed E-state index contributed by atoms with van der Waals surface area (Å²) in [6, 6.07) is 7.40. The van der Waals surface area contributed by atoms with E-state index in [0.717, 1.165) is 32.1 Å². The van der Waals surface area contributed by atoms with Crippen LogP contribution in [0.5, 0.6) is 0 Å². The Morgan fingerprint density at radius 3 is 2.03 bits per heavy atom. The van der Waals surface area contributed by atoms with E-state index in [1.54, 1.807) is 22.8 Å². The van der Waals surface area contributed by atoms with Crippen LogP contribution in [0.3, 0.4) is 0 Å². The Morgan fingerprint density at radius 1 is 0.879 bits per heavy atom. The minimum atomic E-state index is -3.72. The van der Waals surface area contributed by atoms with Gasteiger partial charge in [-0.25, -0.2) is 26.8 Å². The molecule has 0 amide bonds. The van der Waals surface area contributed by atoms with E-state index in [9.17, 15) is 16.8 Å². The topological polar surface area (TPSA) is 104 Å². The first-order valence-corrected chi connectivity index (χ1v) is 14.4. The van der Waals surface area contributed by atoms with E-state index in [1.165, 1.54) is 28.6 Å². The number of anilines is 1. The number of rotatable bonds is 7. The minimum absolute atomic E-state index is 0.0158. The predicted molar refractivity (Wildman–Crippen MR) is 126 cm³/mol. The van der Waals surface area contributed by atoms with Crippen molar-refractivity contribution in [3.8, 4) is 0 Å². The van der Waals surface area contributed by atoms with Crippen molar-refractivity contribution < 1.29 is 16.8 Å². The zero-order chi connectivity index (χ0) is 23.5. The van der Waals surface area contributed by atoms with Crippen molar-refractivity contribution in [2.75, 3.05) is 37.6 Å². The molecule has 1 saturated heterocycles. The highest BCUT2D eigenvalue weighted by molar-refractivity contribution is 7.89. The lowest BCUT2D eigenvalue weighted by atomic mass is 9.95. The third-order valence-corrected chi connectivity index (χ3v) is 10.4. The highest BCUT2D eigenvalue weighted by Gasteiger charge is 2.33. The number of benzene rings is 1. The van der Waals surface area contributed by atoms with Gasteiger partial charge in [0.1, 0.15) is 0 Å².